The van der Waals surface area contributed by atoms with E-state index in [4.69, 9.17) is 14.2 Å². The van der Waals surface area contributed by atoms with Crippen LogP contribution in [0.5, 0.6) is 0 Å². The zero-order valence-corrected chi connectivity index (χ0v) is 22.5. The number of carbonyl (C=O) groups excluding carboxylic acids is 2. The van der Waals surface area contributed by atoms with Crippen LogP contribution < -0.4 is 5.32 Å². The monoisotopic (exact) mass is 487 g/mol. The van der Waals surface area contributed by atoms with Crippen molar-refractivity contribution < 1.29 is 23.8 Å². The fourth-order valence-electron chi connectivity index (χ4n) is 5.19. The van der Waals surface area contributed by atoms with E-state index >= 15 is 0 Å². The molecular weight excluding hydrogens is 442 g/mol. The molecule has 0 unspecified atom stereocenters. The Kier molecular flexibility index (Phi) is 9.39. The molecular formula is C29H45NO5. The molecule has 3 aliphatic rings. The molecule has 1 spiro atoms. The molecule has 0 aromatic rings. The van der Waals surface area contributed by atoms with Crippen molar-refractivity contribution in [2.45, 2.75) is 116 Å². The van der Waals surface area contributed by atoms with E-state index in [2.05, 4.69) is 44.3 Å². The van der Waals surface area contributed by atoms with Crippen molar-refractivity contribution in [2.24, 2.45) is 11.8 Å². The van der Waals surface area contributed by atoms with Crippen LogP contribution in [-0.2, 0) is 23.8 Å². The first kappa shape index (κ1) is 27.7. The van der Waals surface area contributed by atoms with Crippen LogP contribution >= 0.6 is 0 Å². The molecule has 2 heterocycles. The Morgan fingerprint density at radius 3 is 2.43 bits per heavy atom. The van der Waals surface area contributed by atoms with Gasteiger partial charge in [-0.25, -0.2) is 0 Å². The molecule has 3 atom stereocenters. The highest BCUT2D eigenvalue weighted by Gasteiger charge is 2.53. The largest absolute Gasteiger partial charge is 0.458 e. The fourth-order valence-corrected chi connectivity index (χ4v) is 5.19. The highest BCUT2D eigenvalue weighted by Crippen LogP contribution is 2.46. The number of allylic oxidation sites excluding steroid dienone is 3. The first-order valence-corrected chi connectivity index (χ1v) is 13.3. The number of esters is 1. The van der Waals surface area contributed by atoms with Gasteiger partial charge in [-0.1, -0.05) is 37.6 Å². The average Bonchev–Trinajstić information content (AvgIpc) is 3.51. The van der Waals surface area contributed by atoms with Gasteiger partial charge in [0, 0.05) is 25.0 Å². The molecule has 1 N–H and O–H groups in total. The quantitative estimate of drug-likeness (QED) is 0.203. The minimum absolute atomic E-state index is 0.0526. The first-order chi connectivity index (χ1) is 16.5. The molecule has 1 saturated carbocycles. The van der Waals surface area contributed by atoms with E-state index in [1.54, 1.807) is 26.8 Å². The van der Waals surface area contributed by atoms with Gasteiger partial charge in [0.25, 0.3) is 0 Å². The molecule has 0 aromatic carbocycles. The van der Waals surface area contributed by atoms with Crippen LogP contribution in [0.15, 0.2) is 36.0 Å². The molecule has 35 heavy (non-hydrogen) atoms. The Balaban J connectivity index is 1.35. The molecule has 3 fully saturated rings. The zero-order valence-electron chi connectivity index (χ0n) is 22.5. The number of rotatable bonds is 9. The van der Waals surface area contributed by atoms with E-state index in [0.29, 0.717) is 5.92 Å². The van der Waals surface area contributed by atoms with E-state index in [1.165, 1.54) is 11.6 Å². The van der Waals surface area contributed by atoms with Crippen molar-refractivity contribution >= 4 is 11.9 Å². The summed E-state index contributed by atoms with van der Waals surface area (Å²) in [5.41, 5.74) is 1.19. The van der Waals surface area contributed by atoms with Gasteiger partial charge in [-0.3, -0.25) is 9.59 Å². The molecule has 6 nitrogen and oxygen atoms in total. The van der Waals surface area contributed by atoms with Gasteiger partial charge in [0.15, 0.2) is 0 Å². The van der Waals surface area contributed by atoms with E-state index in [-0.39, 0.29) is 41.1 Å². The van der Waals surface area contributed by atoms with Crippen LogP contribution in [0.25, 0.3) is 0 Å². The third kappa shape index (κ3) is 9.23. The van der Waals surface area contributed by atoms with Crippen molar-refractivity contribution in [3.63, 3.8) is 0 Å². The Morgan fingerprint density at radius 1 is 1.11 bits per heavy atom. The lowest BCUT2D eigenvalue weighted by molar-refractivity contribution is -0.150. The summed E-state index contributed by atoms with van der Waals surface area (Å²) in [6.45, 7) is 12.7. The topological polar surface area (TPSA) is 77.2 Å². The standard InChI is InChI=1S/C29H45NO5/c1-20(2)27(32)34-22(4)9-16-26(31)30-24-13-11-23(12-14-24)10-7-21(3)8-15-25-17-29(19-33-29)18-28(5,6)35-25/h7-9,15-16,20,22-25H,10-14,17-19H2,1-6H3,(H,30,31)/t22-,23?,24?,25+,29+/m0/s1. The Morgan fingerprint density at radius 2 is 1.80 bits per heavy atom. The minimum atomic E-state index is -0.408. The third-order valence-corrected chi connectivity index (χ3v) is 7.18. The van der Waals surface area contributed by atoms with Crippen LogP contribution in [0, 0.1) is 11.8 Å². The molecule has 1 aliphatic carbocycles. The molecule has 0 bridgehead atoms. The summed E-state index contributed by atoms with van der Waals surface area (Å²) < 4.78 is 17.2. The number of hydrogen-bond donors (Lipinski definition) is 1. The summed E-state index contributed by atoms with van der Waals surface area (Å²) in [5.74, 6) is 0.111. The van der Waals surface area contributed by atoms with Crippen LogP contribution in [0.2, 0.25) is 0 Å². The van der Waals surface area contributed by atoms with Crippen LogP contribution in [0.4, 0.5) is 0 Å². The molecule has 0 aromatic heterocycles. The normalized spacial score (nSPS) is 31.7. The fraction of sp³-hybridized carbons (Fsp3) is 0.724. The minimum Gasteiger partial charge on any atom is -0.458 e. The molecule has 2 saturated heterocycles. The Bertz CT molecular complexity index is 822. The molecule has 0 radical (unpaired) electrons. The smallest absolute Gasteiger partial charge is 0.308 e. The highest BCUT2D eigenvalue weighted by atomic mass is 16.6. The number of epoxide rings is 1. The van der Waals surface area contributed by atoms with E-state index in [0.717, 1.165) is 51.6 Å². The molecule has 3 rings (SSSR count). The van der Waals surface area contributed by atoms with Crippen molar-refractivity contribution in [1.29, 1.82) is 0 Å². The highest BCUT2D eigenvalue weighted by molar-refractivity contribution is 5.87. The number of ether oxygens (including phenoxy) is 3. The number of hydrogen-bond acceptors (Lipinski definition) is 5. The second kappa shape index (κ2) is 11.9. The van der Waals surface area contributed by atoms with Crippen LogP contribution in [0.1, 0.15) is 86.5 Å². The van der Waals surface area contributed by atoms with Gasteiger partial charge in [0.05, 0.1) is 29.8 Å². The van der Waals surface area contributed by atoms with E-state index < -0.39 is 6.10 Å². The predicted octanol–water partition coefficient (Wildman–Crippen LogP) is 5.42. The van der Waals surface area contributed by atoms with Crippen LogP contribution in [-0.4, -0.2) is 47.9 Å². The molecule has 2 aliphatic heterocycles. The SMILES string of the molecule is CC(C=C[C@@H]1C[C@]2(CO2)CC(C)(C)O1)=CCC1CCC(NC(=O)C=C[C@H](C)OC(=O)C(C)C)CC1. The van der Waals surface area contributed by atoms with Gasteiger partial charge in [-0.05, 0) is 71.8 Å². The van der Waals surface area contributed by atoms with Crippen molar-refractivity contribution in [2.75, 3.05) is 6.61 Å². The summed E-state index contributed by atoms with van der Waals surface area (Å²) in [4.78, 5) is 23.9. The summed E-state index contributed by atoms with van der Waals surface area (Å²) in [7, 11) is 0. The van der Waals surface area contributed by atoms with E-state index in [9.17, 15) is 9.59 Å². The average molecular weight is 488 g/mol. The maximum absolute atomic E-state index is 12.2. The lowest BCUT2D eigenvalue weighted by atomic mass is 9.83. The number of nitrogens with one attached hydrogen (secondary N) is 1. The summed E-state index contributed by atoms with van der Waals surface area (Å²) >= 11 is 0. The van der Waals surface area contributed by atoms with Gasteiger partial charge < -0.3 is 19.5 Å². The van der Waals surface area contributed by atoms with Gasteiger partial charge in [-0.2, -0.15) is 0 Å². The van der Waals surface area contributed by atoms with Gasteiger partial charge >= 0.3 is 5.97 Å². The number of carbonyl (C=O) groups is 2. The van der Waals surface area contributed by atoms with Crippen LogP contribution in [0.3, 0.4) is 0 Å². The second-order valence-electron chi connectivity index (χ2n) is 11.7. The third-order valence-electron chi connectivity index (χ3n) is 7.18. The zero-order chi connectivity index (χ0) is 25.6. The van der Waals surface area contributed by atoms with Crippen molar-refractivity contribution in [3.05, 3.63) is 36.0 Å². The lowest BCUT2D eigenvalue weighted by Gasteiger charge is -2.38. The summed E-state index contributed by atoms with van der Waals surface area (Å²) in [5, 5.41) is 3.09. The Labute approximate surface area is 211 Å². The number of amides is 1. The van der Waals surface area contributed by atoms with Crippen molar-refractivity contribution in [3.8, 4) is 0 Å². The van der Waals surface area contributed by atoms with Gasteiger partial charge in [0.1, 0.15) is 6.10 Å². The summed E-state index contributed by atoms with van der Waals surface area (Å²) in [6, 6.07) is 0.214. The predicted molar refractivity (Wildman–Crippen MR) is 138 cm³/mol. The second-order valence-corrected chi connectivity index (χ2v) is 11.7. The Hall–Kier alpha value is -1.92. The maximum Gasteiger partial charge on any atom is 0.308 e. The summed E-state index contributed by atoms with van der Waals surface area (Å²) in [6.07, 6.45) is 16.8. The van der Waals surface area contributed by atoms with Gasteiger partial charge in [-0.15, -0.1) is 0 Å². The maximum atomic E-state index is 12.2. The van der Waals surface area contributed by atoms with Crippen molar-refractivity contribution in [1.82, 2.24) is 5.32 Å². The lowest BCUT2D eigenvalue weighted by Crippen LogP contribution is -2.43. The first-order valence-electron chi connectivity index (χ1n) is 13.3. The molecule has 6 heteroatoms. The molecule has 1 amide bonds. The van der Waals surface area contributed by atoms with E-state index in [1.807, 2.05) is 0 Å². The molecule has 196 valence electrons. The van der Waals surface area contributed by atoms with Gasteiger partial charge in [0.2, 0.25) is 5.91 Å².